The molecule has 3 N–H and O–H groups in total. The third-order valence-corrected chi connectivity index (χ3v) is 1.95. The zero-order chi connectivity index (χ0) is 9.19. The van der Waals surface area contributed by atoms with Gasteiger partial charge >= 0.3 is 15.2 Å². The third-order valence-electron chi connectivity index (χ3n) is 1.24. The van der Waals surface area contributed by atoms with Crippen LogP contribution in [0.5, 0.6) is 0 Å². The van der Waals surface area contributed by atoms with Crippen molar-refractivity contribution in [2.75, 3.05) is 0 Å². The molecule has 13 heavy (non-hydrogen) atoms. The van der Waals surface area contributed by atoms with Crippen molar-refractivity contribution in [2.45, 2.75) is 0 Å². The number of carbonyl (C=O) groups excluding carboxylic acids is 1. The fourth-order valence-corrected chi connectivity index (χ4v) is 1.16. The Morgan fingerprint density at radius 1 is 1.15 bits per heavy atom. The van der Waals surface area contributed by atoms with E-state index >= 15 is 0 Å². The van der Waals surface area contributed by atoms with E-state index in [4.69, 9.17) is 4.55 Å². The summed E-state index contributed by atoms with van der Waals surface area (Å²) in [6.07, 6.45) is 0. The molecule has 0 saturated carbocycles. The lowest BCUT2D eigenvalue weighted by Crippen LogP contribution is -2.12. The molecule has 0 aromatic heterocycles. The molecule has 0 bridgehead atoms. The van der Waals surface area contributed by atoms with Crippen LogP contribution in [0.1, 0.15) is 10.4 Å². The van der Waals surface area contributed by atoms with Gasteiger partial charge in [0.2, 0.25) is 0 Å². The predicted octanol–water partition coefficient (Wildman–Crippen LogP) is -0.110. The molecule has 0 radical (unpaired) electrons. The highest BCUT2D eigenvalue weighted by Gasteiger charge is 2.19. The first-order valence-electron chi connectivity index (χ1n) is 3.08. The second-order valence-corrected chi connectivity index (χ2v) is 3.45. The molecular weight excluding hydrogens is 196 g/mol. The van der Waals surface area contributed by atoms with Crippen LogP contribution in [0.15, 0.2) is 30.3 Å². The van der Waals surface area contributed by atoms with Crippen molar-refractivity contribution in [2.24, 2.45) is 0 Å². The minimum Gasteiger partial charge on any atom is -0.412 e. The molecule has 0 spiro atoms. The second kappa shape index (κ2) is 4.13. The van der Waals surface area contributed by atoms with Crippen molar-refractivity contribution in [3.05, 3.63) is 35.9 Å². The van der Waals surface area contributed by atoms with Crippen LogP contribution in [-0.2, 0) is 10.1 Å². The van der Waals surface area contributed by atoms with Gasteiger partial charge in [0, 0.05) is 5.56 Å². The Hall–Kier alpha value is -1.24. The highest BCUT2D eigenvalue weighted by atomic mass is 32.2. The molecule has 0 unspecified atom stereocenters. The van der Waals surface area contributed by atoms with E-state index in [2.05, 4.69) is 0 Å². The smallest absolute Gasteiger partial charge is 0.333 e. The summed E-state index contributed by atoms with van der Waals surface area (Å²) in [4.78, 5) is 10.8. The zero-order valence-electron chi connectivity index (χ0n) is 6.47. The molecule has 0 fully saturated rings. The maximum absolute atomic E-state index is 10.8. The van der Waals surface area contributed by atoms with Gasteiger partial charge in [0.1, 0.15) is 0 Å². The van der Waals surface area contributed by atoms with Gasteiger partial charge in [0.15, 0.2) is 0 Å². The zero-order valence-corrected chi connectivity index (χ0v) is 7.28. The van der Waals surface area contributed by atoms with E-state index in [1.807, 2.05) is 0 Å². The Balaban J connectivity index is 0.00000144. The molecule has 1 aromatic rings. The summed E-state index contributed by atoms with van der Waals surface area (Å²) in [5.41, 5.74) is -0.0417. The third kappa shape index (κ3) is 2.94. The average molecular weight is 204 g/mol. The molecule has 6 heteroatoms. The van der Waals surface area contributed by atoms with Gasteiger partial charge in [-0.25, -0.2) is 0 Å². The van der Waals surface area contributed by atoms with Crippen molar-refractivity contribution in [3.63, 3.8) is 0 Å². The minimum absolute atomic E-state index is 0. The summed E-state index contributed by atoms with van der Waals surface area (Å²) < 4.78 is 29.0. The highest BCUT2D eigenvalue weighted by molar-refractivity contribution is 8.01. The quantitative estimate of drug-likeness (QED) is 0.644. The van der Waals surface area contributed by atoms with Crippen LogP contribution >= 0.6 is 0 Å². The number of benzene rings is 1. The van der Waals surface area contributed by atoms with Gasteiger partial charge in [0.25, 0.3) is 0 Å². The molecule has 0 aliphatic heterocycles. The van der Waals surface area contributed by atoms with Crippen molar-refractivity contribution in [1.29, 1.82) is 0 Å². The van der Waals surface area contributed by atoms with Crippen LogP contribution in [0.4, 0.5) is 0 Å². The lowest BCUT2D eigenvalue weighted by molar-refractivity contribution is 0.106. The molecule has 1 aromatic carbocycles. The Kier molecular flexibility index (Phi) is 3.73. The number of hydrogen-bond acceptors (Lipinski definition) is 3. The minimum atomic E-state index is -4.59. The van der Waals surface area contributed by atoms with Gasteiger partial charge in [-0.3, -0.25) is 9.35 Å². The summed E-state index contributed by atoms with van der Waals surface area (Å²) in [6, 6.07) is 7.30. The van der Waals surface area contributed by atoms with Gasteiger partial charge in [-0.05, 0) is 0 Å². The Bertz CT molecular complexity index is 381. The van der Waals surface area contributed by atoms with Gasteiger partial charge < -0.3 is 5.48 Å². The first kappa shape index (κ1) is 11.8. The number of hydrogen-bond donors (Lipinski definition) is 1. The molecule has 0 saturated heterocycles. The average Bonchev–Trinajstić information content (AvgIpc) is 2.03. The van der Waals surface area contributed by atoms with Crippen molar-refractivity contribution in [3.8, 4) is 0 Å². The van der Waals surface area contributed by atoms with Crippen LogP contribution in [0, 0.1) is 0 Å². The SMILES string of the molecule is O.O=C(c1ccccc1)S(=O)(=O)O. The summed E-state index contributed by atoms with van der Waals surface area (Å²) in [5.74, 6) is 0. The maximum Gasteiger partial charge on any atom is 0.333 e. The van der Waals surface area contributed by atoms with Gasteiger partial charge in [-0.1, -0.05) is 30.3 Å². The number of rotatable bonds is 1. The normalized spacial score (nSPS) is 10.2. The molecule has 5 nitrogen and oxygen atoms in total. The second-order valence-electron chi connectivity index (χ2n) is 2.13. The van der Waals surface area contributed by atoms with Crippen molar-refractivity contribution >= 4 is 15.2 Å². The van der Waals surface area contributed by atoms with Crippen LogP contribution in [0.2, 0.25) is 0 Å². The maximum atomic E-state index is 10.8. The van der Waals surface area contributed by atoms with Gasteiger partial charge in [0.05, 0.1) is 0 Å². The summed E-state index contributed by atoms with van der Waals surface area (Å²) in [5, 5.41) is -1.27. The Labute approximate surface area is 75.1 Å². The van der Waals surface area contributed by atoms with Crippen LogP contribution in [0.3, 0.4) is 0 Å². The van der Waals surface area contributed by atoms with Crippen LogP contribution in [-0.4, -0.2) is 23.6 Å². The van der Waals surface area contributed by atoms with E-state index in [9.17, 15) is 13.2 Å². The lowest BCUT2D eigenvalue weighted by atomic mass is 10.2. The lowest BCUT2D eigenvalue weighted by Gasteiger charge is -1.94. The Morgan fingerprint density at radius 2 is 1.62 bits per heavy atom. The van der Waals surface area contributed by atoms with Crippen LogP contribution in [0.25, 0.3) is 0 Å². The molecule has 0 aliphatic carbocycles. The fraction of sp³-hybridized carbons (Fsp3) is 0. The van der Waals surface area contributed by atoms with E-state index in [-0.39, 0.29) is 11.0 Å². The molecule has 0 amide bonds. The van der Waals surface area contributed by atoms with E-state index in [0.717, 1.165) is 0 Å². The highest BCUT2D eigenvalue weighted by Crippen LogP contribution is 2.03. The fourth-order valence-electron chi connectivity index (χ4n) is 0.723. The standard InChI is InChI=1S/C7H6O4S.H2O/c8-7(12(9,10)11)6-4-2-1-3-5-6;/h1-5H,(H,9,10,11);1H2. The molecular formula is C7H8O5S. The summed E-state index contributed by atoms with van der Waals surface area (Å²) >= 11 is 0. The van der Waals surface area contributed by atoms with Crippen LogP contribution < -0.4 is 0 Å². The van der Waals surface area contributed by atoms with E-state index in [1.165, 1.54) is 24.3 Å². The molecule has 72 valence electrons. The van der Waals surface area contributed by atoms with E-state index < -0.39 is 15.2 Å². The molecule has 0 heterocycles. The monoisotopic (exact) mass is 204 g/mol. The topological polar surface area (TPSA) is 103 Å². The summed E-state index contributed by atoms with van der Waals surface area (Å²) in [7, 11) is -4.59. The Morgan fingerprint density at radius 3 is 2.00 bits per heavy atom. The van der Waals surface area contributed by atoms with E-state index in [0.29, 0.717) is 0 Å². The largest absolute Gasteiger partial charge is 0.412 e. The number of carbonyl (C=O) groups is 1. The van der Waals surface area contributed by atoms with Gasteiger partial charge in [-0.2, -0.15) is 8.42 Å². The first-order valence-corrected chi connectivity index (χ1v) is 4.52. The van der Waals surface area contributed by atoms with Crippen molar-refractivity contribution in [1.82, 2.24) is 0 Å². The molecule has 0 aliphatic rings. The predicted molar refractivity (Wildman–Crippen MR) is 45.9 cm³/mol. The first-order chi connectivity index (χ1) is 5.52. The molecule has 0 atom stereocenters. The van der Waals surface area contributed by atoms with Gasteiger partial charge in [-0.15, -0.1) is 0 Å². The van der Waals surface area contributed by atoms with Crippen molar-refractivity contribution < 1.29 is 23.2 Å². The molecule has 1 rings (SSSR count). The summed E-state index contributed by atoms with van der Waals surface area (Å²) in [6.45, 7) is 0. The van der Waals surface area contributed by atoms with E-state index in [1.54, 1.807) is 6.07 Å².